The summed E-state index contributed by atoms with van der Waals surface area (Å²) >= 11 is 0. The average Bonchev–Trinajstić information content (AvgIpc) is 2.38. The number of rotatable bonds is 3. The van der Waals surface area contributed by atoms with Crippen LogP contribution in [0, 0.1) is 41.5 Å². The third-order valence-corrected chi connectivity index (χ3v) is 3.92. The maximum Gasteiger partial charge on any atom is 0.0573 e. The molecule has 0 aliphatic rings. The molecule has 0 aliphatic heterocycles. The van der Waals surface area contributed by atoms with Crippen molar-refractivity contribution in [2.24, 2.45) is 10.2 Å². The quantitative estimate of drug-likeness (QED) is 0.562. The standard InChI is InChI=1S/C20H24N2/c1-13-7-15(3)19(16(4)8-13)11-21-22-12-20-17(5)9-14(2)10-18(20)6/h7-12H,1-6H3/b21-11+,22-12+. The maximum absolute atomic E-state index is 4.24. The first-order valence-electron chi connectivity index (χ1n) is 7.60. The zero-order valence-corrected chi connectivity index (χ0v) is 14.4. The van der Waals surface area contributed by atoms with E-state index in [1.165, 1.54) is 33.4 Å². The van der Waals surface area contributed by atoms with E-state index < -0.39 is 0 Å². The molecule has 0 radical (unpaired) electrons. The highest BCUT2D eigenvalue weighted by Gasteiger charge is 2.02. The molecule has 0 saturated carbocycles. The summed E-state index contributed by atoms with van der Waals surface area (Å²) in [5.41, 5.74) is 9.81. The van der Waals surface area contributed by atoms with Crippen molar-refractivity contribution in [2.75, 3.05) is 0 Å². The molecule has 0 aromatic heterocycles. The van der Waals surface area contributed by atoms with Crippen LogP contribution < -0.4 is 0 Å². The first-order chi connectivity index (χ1) is 10.4. The Kier molecular flexibility index (Phi) is 4.92. The van der Waals surface area contributed by atoms with Crippen molar-refractivity contribution in [3.8, 4) is 0 Å². The average molecular weight is 292 g/mol. The van der Waals surface area contributed by atoms with E-state index in [2.05, 4.69) is 76.0 Å². The van der Waals surface area contributed by atoms with Crippen LogP contribution >= 0.6 is 0 Å². The van der Waals surface area contributed by atoms with Gasteiger partial charge >= 0.3 is 0 Å². The van der Waals surface area contributed by atoms with Gasteiger partial charge in [0.05, 0.1) is 12.4 Å². The molecule has 0 atom stereocenters. The normalized spacial score (nSPS) is 11.7. The van der Waals surface area contributed by atoms with Crippen LogP contribution in [-0.4, -0.2) is 12.4 Å². The highest BCUT2D eigenvalue weighted by molar-refractivity contribution is 5.86. The van der Waals surface area contributed by atoms with Crippen LogP contribution in [0.4, 0.5) is 0 Å². The summed E-state index contributed by atoms with van der Waals surface area (Å²) in [5, 5.41) is 8.47. The molecule has 0 heterocycles. The van der Waals surface area contributed by atoms with Crippen LogP contribution in [0.5, 0.6) is 0 Å². The minimum absolute atomic E-state index is 1.15. The van der Waals surface area contributed by atoms with Gasteiger partial charge in [0.2, 0.25) is 0 Å². The van der Waals surface area contributed by atoms with Gasteiger partial charge in [0, 0.05) is 11.1 Å². The van der Waals surface area contributed by atoms with Gasteiger partial charge < -0.3 is 0 Å². The van der Waals surface area contributed by atoms with Crippen molar-refractivity contribution in [3.63, 3.8) is 0 Å². The fourth-order valence-electron chi connectivity index (χ4n) is 2.97. The van der Waals surface area contributed by atoms with Crippen molar-refractivity contribution < 1.29 is 0 Å². The smallest absolute Gasteiger partial charge is 0.0573 e. The summed E-state index contributed by atoms with van der Waals surface area (Å²) in [4.78, 5) is 0. The molecular formula is C20H24N2. The second kappa shape index (κ2) is 6.69. The number of aryl methyl sites for hydroxylation is 6. The second-order valence-electron chi connectivity index (χ2n) is 6.11. The van der Waals surface area contributed by atoms with Crippen molar-refractivity contribution in [3.05, 3.63) is 68.8 Å². The van der Waals surface area contributed by atoms with E-state index >= 15 is 0 Å². The van der Waals surface area contributed by atoms with Crippen LogP contribution in [0.3, 0.4) is 0 Å². The summed E-state index contributed by atoms with van der Waals surface area (Å²) in [5.74, 6) is 0. The first-order valence-corrected chi connectivity index (χ1v) is 7.60. The maximum atomic E-state index is 4.24. The Morgan fingerprint density at radius 1 is 0.545 bits per heavy atom. The van der Waals surface area contributed by atoms with E-state index in [4.69, 9.17) is 0 Å². The highest BCUT2D eigenvalue weighted by atomic mass is 15.2. The van der Waals surface area contributed by atoms with Crippen molar-refractivity contribution >= 4 is 12.4 Å². The Morgan fingerprint density at radius 3 is 1.09 bits per heavy atom. The molecule has 2 nitrogen and oxygen atoms in total. The summed E-state index contributed by atoms with van der Waals surface area (Å²) < 4.78 is 0. The van der Waals surface area contributed by atoms with Crippen LogP contribution in [0.25, 0.3) is 0 Å². The molecule has 2 rings (SSSR count). The Balaban J connectivity index is 2.24. The van der Waals surface area contributed by atoms with E-state index in [1.54, 1.807) is 0 Å². The molecule has 0 amide bonds. The van der Waals surface area contributed by atoms with Crippen LogP contribution in [0.15, 0.2) is 34.5 Å². The zero-order chi connectivity index (χ0) is 16.3. The molecule has 0 aliphatic carbocycles. The summed E-state index contributed by atoms with van der Waals surface area (Å²) in [6.45, 7) is 12.7. The molecule has 2 aromatic rings. The van der Waals surface area contributed by atoms with E-state index in [-0.39, 0.29) is 0 Å². The topological polar surface area (TPSA) is 24.7 Å². The van der Waals surface area contributed by atoms with Gasteiger partial charge in [0.25, 0.3) is 0 Å². The van der Waals surface area contributed by atoms with Crippen LogP contribution in [0.2, 0.25) is 0 Å². The SMILES string of the molecule is Cc1cc(C)c(/C=N/N=C/c2c(C)cc(C)cc2C)c(C)c1. The van der Waals surface area contributed by atoms with Crippen LogP contribution in [0.1, 0.15) is 44.5 Å². The molecule has 0 unspecified atom stereocenters. The molecule has 0 N–H and O–H groups in total. The third kappa shape index (κ3) is 3.70. The number of nitrogens with zero attached hydrogens (tertiary/aromatic N) is 2. The van der Waals surface area contributed by atoms with E-state index in [0.29, 0.717) is 0 Å². The monoisotopic (exact) mass is 292 g/mol. The molecule has 0 saturated heterocycles. The van der Waals surface area contributed by atoms with Gasteiger partial charge in [-0.1, -0.05) is 35.4 Å². The Bertz CT molecular complexity index is 641. The van der Waals surface area contributed by atoms with Gasteiger partial charge in [-0.25, -0.2) is 0 Å². The van der Waals surface area contributed by atoms with Gasteiger partial charge in [0.1, 0.15) is 0 Å². The minimum atomic E-state index is 1.15. The third-order valence-electron chi connectivity index (χ3n) is 3.92. The van der Waals surface area contributed by atoms with E-state index in [1.807, 2.05) is 12.4 Å². The lowest BCUT2D eigenvalue weighted by Crippen LogP contribution is -1.94. The van der Waals surface area contributed by atoms with E-state index in [9.17, 15) is 0 Å². The Labute approximate surface area is 133 Å². The van der Waals surface area contributed by atoms with Crippen LogP contribution in [-0.2, 0) is 0 Å². The fourth-order valence-corrected chi connectivity index (χ4v) is 2.97. The Hall–Kier alpha value is -2.22. The molecular weight excluding hydrogens is 268 g/mol. The summed E-state index contributed by atoms with van der Waals surface area (Å²) in [6, 6.07) is 8.69. The summed E-state index contributed by atoms with van der Waals surface area (Å²) in [6.07, 6.45) is 3.69. The zero-order valence-electron chi connectivity index (χ0n) is 14.4. The lowest BCUT2D eigenvalue weighted by Gasteiger charge is -2.06. The fraction of sp³-hybridized carbons (Fsp3) is 0.300. The molecule has 0 spiro atoms. The predicted molar refractivity (Wildman–Crippen MR) is 96.5 cm³/mol. The molecule has 0 bridgehead atoms. The highest BCUT2D eigenvalue weighted by Crippen LogP contribution is 2.15. The van der Waals surface area contributed by atoms with Crippen molar-refractivity contribution in [1.29, 1.82) is 0 Å². The number of hydrogen-bond donors (Lipinski definition) is 0. The molecule has 2 heteroatoms. The largest absolute Gasteiger partial charge is 0.158 e. The molecule has 114 valence electrons. The first kappa shape index (κ1) is 16.2. The van der Waals surface area contributed by atoms with Crippen molar-refractivity contribution in [2.45, 2.75) is 41.5 Å². The minimum Gasteiger partial charge on any atom is -0.158 e. The second-order valence-corrected chi connectivity index (χ2v) is 6.11. The van der Waals surface area contributed by atoms with Crippen molar-refractivity contribution in [1.82, 2.24) is 0 Å². The van der Waals surface area contributed by atoms with E-state index in [0.717, 1.165) is 11.1 Å². The Morgan fingerprint density at radius 2 is 0.818 bits per heavy atom. The molecule has 0 fully saturated rings. The van der Waals surface area contributed by atoms with Gasteiger partial charge in [-0.05, 0) is 63.8 Å². The van der Waals surface area contributed by atoms with Gasteiger partial charge in [-0.2, -0.15) is 10.2 Å². The lowest BCUT2D eigenvalue weighted by atomic mass is 10.0. The summed E-state index contributed by atoms with van der Waals surface area (Å²) in [7, 11) is 0. The number of benzene rings is 2. The van der Waals surface area contributed by atoms with Gasteiger partial charge in [-0.3, -0.25) is 0 Å². The predicted octanol–water partition coefficient (Wildman–Crippen LogP) is 4.99. The lowest BCUT2D eigenvalue weighted by molar-refractivity contribution is 1.23. The molecule has 2 aromatic carbocycles. The number of hydrogen-bond acceptors (Lipinski definition) is 2. The molecule has 22 heavy (non-hydrogen) atoms. The van der Waals surface area contributed by atoms with Gasteiger partial charge in [0.15, 0.2) is 0 Å². The van der Waals surface area contributed by atoms with Gasteiger partial charge in [-0.15, -0.1) is 0 Å².